The summed E-state index contributed by atoms with van der Waals surface area (Å²) >= 11 is 1.48. The van der Waals surface area contributed by atoms with E-state index in [4.69, 9.17) is 16.2 Å². The third kappa shape index (κ3) is 3.20. The van der Waals surface area contributed by atoms with Crippen molar-refractivity contribution < 1.29 is 9.53 Å². The van der Waals surface area contributed by atoms with Gasteiger partial charge in [0.15, 0.2) is 0 Å². The maximum absolute atomic E-state index is 11.2. The highest BCUT2D eigenvalue weighted by Crippen LogP contribution is 2.33. The van der Waals surface area contributed by atoms with Gasteiger partial charge in [-0.25, -0.2) is 0 Å². The van der Waals surface area contributed by atoms with Gasteiger partial charge in [0.25, 0.3) is 0 Å². The Morgan fingerprint density at radius 3 is 2.42 bits per heavy atom. The predicted molar refractivity (Wildman–Crippen MR) is 76.5 cm³/mol. The molecule has 98 valence electrons. The van der Waals surface area contributed by atoms with Gasteiger partial charge in [0.2, 0.25) is 5.91 Å². The first-order chi connectivity index (χ1) is 9.10. The van der Waals surface area contributed by atoms with Gasteiger partial charge in [0, 0.05) is 21.0 Å². The van der Waals surface area contributed by atoms with Crippen LogP contribution in [0.5, 0.6) is 5.75 Å². The first-order valence-electron chi connectivity index (χ1n) is 5.61. The van der Waals surface area contributed by atoms with Crippen molar-refractivity contribution in [2.45, 2.75) is 9.79 Å². The van der Waals surface area contributed by atoms with Gasteiger partial charge in [0.1, 0.15) is 5.75 Å². The van der Waals surface area contributed by atoms with E-state index in [-0.39, 0.29) is 0 Å². The summed E-state index contributed by atoms with van der Waals surface area (Å²) in [5, 5.41) is 0. The molecule has 2 rings (SSSR count). The highest BCUT2D eigenvalue weighted by atomic mass is 32.2. The van der Waals surface area contributed by atoms with Crippen LogP contribution in [-0.2, 0) is 0 Å². The van der Waals surface area contributed by atoms with Crippen molar-refractivity contribution in [2.24, 2.45) is 5.73 Å². The van der Waals surface area contributed by atoms with E-state index >= 15 is 0 Å². The third-order valence-electron chi connectivity index (χ3n) is 2.59. The lowest BCUT2D eigenvalue weighted by atomic mass is 10.2. The zero-order valence-corrected chi connectivity index (χ0v) is 11.2. The maximum atomic E-state index is 11.2. The molecule has 0 radical (unpaired) electrons. The van der Waals surface area contributed by atoms with Crippen molar-refractivity contribution in [1.29, 1.82) is 0 Å². The fourth-order valence-corrected chi connectivity index (χ4v) is 2.44. The van der Waals surface area contributed by atoms with Crippen LogP contribution in [0.1, 0.15) is 10.4 Å². The lowest BCUT2D eigenvalue weighted by molar-refractivity contribution is 0.1000. The summed E-state index contributed by atoms with van der Waals surface area (Å²) in [6, 6.07) is 12.6. The van der Waals surface area contributed by atoms with Crippen LogP contribution in [-0.4, -0.2) is 13.0 Å². The molecule has 2 aromatic rings. The number of methoxy groups -OCH3 is 1. The average Bonchev–Trinajstić information content (AvgIpc) is 2.42. The summed E-state index contributed by atoms with van der Waals surface area (Å²) in [5.74, 6) is 0.333. The molecule has 0 aliphatic carbocycles. The minimum Gasteiger partial charge on any atom is -0.497 e. The fraction of sp³-hybridized carbons (Fsp3) is 0.0714. The number of nitrogen functional groups attached to an aromatic ring is 1. The van der Waals surface area contributed by atoms with Gasteiger partial charge in [-0.2, -0.15) is 0 Å². The van der Waals surface area contributed by atoms with Gasteiger partial charge in [-0.3, -0.25) is 4.79 Å². The van der Waals surface area contributed by atoms with E-state index in [9.17, 15) is 4.79 Å². The second-order valence-corrected chi connectivity index (χ2v) is 5.01. The number of primary amides is 1. The van der Waals surface area contributed by atoms with Crippen LogP contribution in [0.15, 0.2) is 52.3 Å². The molecule has 4 nitrogen and oxygen atoms in total. The molecule has 0 aliphatic heterocycles. The van der Waals surface area contributed by atoms with E-state index in [1.165, 1.54) is 11.8 Å². The van der Waals surface area contributed by atoms with Crippen LogP contribution >= 0.6 is 11.8 Å². The molecule has 0 aliphatic rings. The number of carbonyl (C=O) groups excluding carboxylic acids is 1. The summed E-state index contributed by atoms with van der Waals surface area (Å²) < 4.78 is 5.10. The summed E-state index contributed by atoms with van der Waals surface area (Å²) in [4.78, 5) is 13.0. The molecule has 0 saturated heterocycles. The molecule has 2 aromatic carbocycles. The highest BCUT2D eigenvalue weighted by molar-refractivity contribution is 7.99. The van der Waals surface area contributed by atoms with E-state index in [2.05, 4.69) is 0 Å². The van der Waals surface area contributed by atoms with Gasteiger partial charge in [-0.1, -0.05) is 11.8 Å². The Balaban J connectivity index is 2.26. The smallest absolute Gasteiger partial charge is 0.248 e. The Labute approximate surface area is 115 Å². The number of amides is 1. The molecule has 19 heavy (non-hydrogen) atoms. The van der Waals surface area contributed by atoms with Crippen LogP contribution < -0.4 is 16.2 Å². The van der Waals surface area contributed by atoms with E-state index in [0.717, 1.165) is 15.5 Å². The minimum absolute atomic E-state index is 0.449. The second-order valence-electron chi connectivity index (χ2n) is 3.89. The summed E-state index contributed by atoms with van der Waals surface area (Å²) in [5.41, 5.74) is 12.2. The minimum atomic E-state index is -0.461. The molecule has 0 unspecified atom stereocenters. The van der Waals surface area contributed by atoms with E-state index in [0.29, 0.717) is 11.3 Å². The lowest BCUT2D eigenvalue weighted by Crippen LogP contribution is -2.11. The molecule has 0 bridgehead atoms. The molecule has 0 aromatic heterocycles. The summed E-state index contributed by atoms with van der Waals surface area (Å²) in [7, 11) is 1.62. The average molecular weight is 274 g/mol. The van der Waals surface area contributed by atoms with Crippen molar-refractivity contribution in [3.63, 3.8) is 0 Å². The quantitative estimate of drug-likeness (QED) is 0.840. The van der Waals surface area contributed by atoms with Crippen molar-refractivity contribution >= 4 is 23.4 Å². The number of nitrogens with two attached hydrogens (primary N) is 2. The maximum Gasteiger partial charge on any atom is 0.248 e. The summed E-state index contributed by atoms with van der Waals surface area (Å²) in [6.07, 6.45) is 0. The molecule has 0 heterocycles. The number of rotatable bonds is 4. The van der Waals surface area contributed by atoms with Gasteiger partial charge < -0.3 is 16.2 Å². The molecule has 0 saturated carbocycles. The molecule has 4 N–H and O–H groups in total. The van der Waals surface area contributed by atoms with Crippen LogP contribution in [0.2, 0.25) is 0 Å². The highest BCUT2D eigenvalue weighted by Gasteiger charge is 2.07. The van der Waals surface area contributed by atoms with Crippen LogP contribution in [0.4, 0.5) is 5.69 Å². The lowest BCUT2D eigenvalue weighted by Gasteiger charge is -2.07. The number of hydrogen-bond donors (Lipinski definition) is 2. The van der Waals surface area contributed by atoms with Gasteiger partial charge in [-0.15, -0.1) is 0 Å². The topological polar surface area (TPSA) is 78.3 Å². The van der Waals surface area contributed by atoms with E-state index < -0.39 is 5.91 Å². The normalized spacial score (nSPS) is 10.2. The zero-order chi connectivity index (χ0) is 13.8. The van der Waals surface area contributed by atoms with Crippen molar-refractivity contribution in [3.05, 3.63) is 48.0 Å². The number of carbonyl (C=O) groups is 1. The van der Waals surface area contributed by atoms with Crippen molar-refractivity contribution in [2.75, 3.05) is 12.8 Å². The standard InChI is InChI=1S/C14H14N2O2S/c1-18-10-3-5-11(6-4-10)19-13-8-9(14(16)17)2-7-12(13)15/h2-8H,15H2,1H3,(H2,16,17). The van der Waals surface area contributed by atoms with Crippen LogP contribution in [0, 0.1) is 0 Å². The second kappa shape index (κ2) is 5.67. The number of ether oxygens (including phenoxy) is 1. The molecule has 0 atom stereocenters. The van der Waals surface area contributed by atoms with Crippen molar-refractivity contribution in [3.8, 4) is 5.75 Å². The first-order valence-corrected chi connectivity index (χ1v) is 6.43. The molecule has 0 fully saturated rings. The number of hydrogen-bond acceptors (Lipinski definition) is 4. The SMILES string of the molecule is COc1ccc(Sc2cc(C(N)=O)ccc2N)cc1. The van der Waals surface area contributed by atoms with E-state index in [1.807, 2.05) is 24.3 Å². The zero-order valence-electron chi connectivity index (χ0n) is 10.4. The first kappa shape index (κ1) is 13.3. The van der Waals surface area contributed by atoms with Crippen LogP contribution in [0.3, 0.4) is 0 Å². The fourth-order valence-electron chi connectivity index (χ4n) is 1.55. The summed E-state index contributed by atoms with van der Waals surface area (Å²) in [6.45, 7) is 0. The van der Waals surface area contributed by atoms with Gasteiger partial charge in [0.05, 0.1) is 7.11 Å². The molecular weight excluding hydrogens is 260 g/mol. The Bertz CT molecular complexity index is 597. The third-order valence-corrected chi connectivity index (χ3v) is 3.67. The number of benzene rings is 2. The van der Waals surface area contributed by atoms with Gasteiger partial charge in [-0.05, 0) is 42.5 Å². The van der Waals surface area contributed by atoms with Crippen molar-refractivity contribution in [1.82, 2.24) is 0 Å². The largest absolute Gasteiger partial charge is 0.497 e. The molecule has 0 spiro atoms. The van der Waals surface area contributed by atoms with Crippen LogP contribution in [0.25, 0.3) is 0 Å². The Morgan fingerprint density at radius 1 is 1.16 bits per heavy atom. The predicted octanol–water partition coefficient (Wildman–Crippen LogP) is 2.53. The number of anilines is 1. The van der Waals surface area contributed by atoms with E-state index in [1.54, 1.807) is 25.3 Å². The monoisotopic (exact) mass is 274 g/mol. The molecule has 1 amide bonds. The van der Waals surface area contributed by atoms with Gasteiger partial charge >= 0.3 is 0 Å². The molecule has 5 heteroatoms. The Hall–Kier alpha value is -2.14. The molecular formula is C14H14N2O2S. The Morgan fingerprint density at radius 2 is 1.84 bits per heavy atom. The Kier molecular flexibility index (Phi) is 3.97.